The standard InChI is InChI=1S/C15H23NO/c1-11-7-8-14(17-3)13(10-11)15(16)9-5-4-6-12(15)2/h7-8,10,12H,4-6,9,16H2,1-3H3. The molecule has 0 spiro atoms. The highest BCUT2D eigenvalue weighted by Gasteiger charge is 2.37. The lowest BCUT2D eigenvalue weighted by Crippen LogP contribution is -2.45. The summed E-state index contributed by atoms with van der Waals surface area (Å²) in [5.74, 6) is 1.46. The first-order valence-electron chi connectivity index (χ1n) is 6.52. The average Bonchev–Trinajstić information content (AvgIpc) is 2.33. The molecule has 1 fully saturated rings. The lowest BCUT2D eigenvalue weighted by Gasteiger charge is -2.40. The molecule has 2 unspecified atom stereocenters. The van der Waals surface area contributed by atoms with Crippen LogP contribution in [0.15, 0.2) is 18.2 Å². The summed E-state index contributed by atoms with van der Waals surface area (Å²) in [6.45, 7) is 4.38. The van der Waals surface area contributed by atoms with Crippen LogP contribution in [0.3, 0.4) is 0 Å². The van der Waals surface area contributed by atoms with Crippen molar-refractivity contribution in [3.63, 3.8) is 0 Å². The fourth-order valence-electron chi connectivity index (χ4n) is 2.96. The molecule has 0 heterocycles. The molecule has 0 bridgehead atoms. The van der Waals surface area contributed by atoms with Gasteiger partial charge in [-0.05, 0) is 31.7 Å². The zero-order valence-corrected chi connectivity index (χ0v) is 11.1. The molecule has 1 aromatic carbocycles. The van der Waals surface area contributed by atoms with Crippen molar-refractivity contribution in [3.05, 3.63) is 29.3 Å². The van der Waals surface area contributed by atoms with Crippen LogP contribution in [-0.2, 0) is 5.54 Å². The van der Waals surface area contributed by atoms with Crippen LogP contribution < -0.4 is 10.5 Å². The van der Waals surface area contributed by atoms with Crippen molar-refractivity contribution in [3.8, 4) is 5.75 Å². The second-order valence-electron chi connectivity index (χ2n) is 5.39. The Morgan fingerprint density at radius 1 is 1.35 bits per heavy atom. The third-order valence-electron chi connectivity index (χ3n) is 4.21. The molecule has 2 heteroatoms. The van der Waals surface area contributed by atoms with Crippen LogP contribution in [0.4, 0.5) is 0 Å². The zero-order valence-electron chi connectivity index (χ0n) is 11.1. The minimum atomic E-state index is -0.213. The molecule has 2 rings (SSSR count). The average molecular weight is 233 g/mol. The van der Waals surface area contributed by atoms with Gasteiger partial charge in [-0.2, -0.15) is 0 Å². The maximum atomic E-state index is 6.69. The van der Waals surface area contributed by atoms with Crippen LogP contribution in [-0.4, -0.2) is 7.11 Å². The molecule has 0 aromatic heterocycles. The van der Waals surface area contributed by atoms with Crippen LogP contribution >= 0.6 is 0 Å². The molecule has 1 aliphatic carbocycles. The van der Waals surface area contributed by atoms with E-state index >= 15 is 0 Å². The first kappa shape index (κ1) is 12.4. The van der Waals surface area contributed by atoms with Crippen molar-refractivity contribution in [2.24, 2.45) is 11.7 Å². The van der Waals surface area contributed by atoms with Crippen LogP contribution in [0.25, 0.3) is 0 Å². The maximum Gasteiger partial charge on any atom is 0.123 e. The summed E-state index contributed by atoms with van der Waals surface area (Å²) in [6, 6.07) is 6.32. The van der Waals surface area contributed by atoms with Gasteiger partial charge in [-0.1, -0.05) is 37.5 Å². The van der Waals surface area contributed by atoms with Crippen molar-refractivity contribution in [2.45, 2.75) is 45.1 Å². The molecule has 0 amide bonds. The fourth-order valence-corrected chi connectivity index (χ4v) is 2.96. The second kappa shape index (κ2) is 4.69. The lowest BCUT2D eigenvalue weighted by molar-refractivity contribution is 0.201. The van der Waals surface area contributed by atoms with E-state index in [1.54, 1.807) is 7.11 Å². The molecule has 2 N–H and O–H groups in total. The Hall–Kier alpha value is -1.02. The predicted octanol–water partition coefficient (Wildman–Crippen LogP) is 3.37. The molecule has 1 aromatic rings. The topological polar surface area (TPSA) is 35.2 Å². The molecule has 94 valence electrons. The van der Waals surface area contributed by atoms with E-state index < -0.39 is 0 Å². The van der Waals surface area contributed by atoms with Gasteiger partial charge in [0, 0.05) is 11.1 Å². The normalized spacial score (nSPS) is 29.1. The van der Waals surface area contributed by atoms with Gasteiger partial charge in [0.25, 0.3) is 0 Å². The molecule has 1 aliphatic rings. The summed E-state index contributed by atoms with van der Waals surface area (Å²) >= 11 is 0. The quantitative estimate of drug-likeness (QED) is 0.850. The number of ether oxygens (including phenoxy) is 1. The van der Waals surface area contributed by atoms with Gasteiger partial charge in [0.2, 0.25) is 0 Å². The zero-order chi connectivity index (χ0) is 12.5. The molecule has 0 radical (unpaired) electrons. The summed E-state index contributed by atoms with van der Waals surface area (Å²) in [7, 11) is 1.73. The van der Waals surface area contributed by atoms with Gasteiger partial charge in [0.05, 0.1) is 7.11 Å². The molecular formula is C15H23NO. The number of hydrogen-bond acceptors (Lipinski definition) is 2. The number of benzene rings is 1. The molecule has 2 nitrogen and oxygen atoms in total. The molecule has 1 saturated carbocycles. The van der Waals surface area contributed by atoms with Gasteiger partial charge in [0.15, 0.2) is 0 Å². The van der Waals surface area contributed by atoms with E-state index in [1.807, 2.05) is 6.07 Å². The van der Waals surface area contributed by atoms with E-state index in [2.05, 4.69) is 26.0 Å². The first-order valence-corrected chi connectivity index (χ1v) is 6.52. The van der Waals surface area contributed by atoms with Crippen LogP contribution in [0.1, 0.15) is 43.7 Å². The fraction of sp³-hybridized carbons (Fsp3) is 0.600. The highest BCUT2D eigenvalue weighted by molar-refractivity contribution is 5.42. The van der Waals surface area contributed by atoms with Crippen LogP contribution in [0.2, 0.25) is 0 Å². The van der Waals surface area contributed by atoms with Gasteiger partial charge < -0.3 is 10.5 Å². The maximum absolute atomic E-state index is 6.69. The Labute approximate surface area is 104 Å². The summed E-state index contributed by atoms with van der Waals surface area (Å²) in [5.41, 5.74) is 8.92. The van der Waals surface area contributed by atoms with Crippen molar-refractivity contribution in [1.29, 1.82) is 0 Å². The summed E-state index contributed by atoms with van der Waals surface area (Å²) < 4.78 is 5.49. The highest BCUT2D eigenvalue weighted by Crippen LogP contribution is 2.43. The van der Waals surface area contributed by atoms with E-state index in [-0.39, 0.29) is 5.54 Å². The number of aryl methyl sites for hydroxylation is 1. The molecule has 17 heavy (non-hydrogen) atoms. The number of hydrogen-bond donors (Lipinski definition) is 1. The Bertz CT molecular complexity index is 402. The molecule has 0 saturated heterocycles. The van der Waals surface area contributed by atoms with Crippen molar-refractivity contribution in [2.75, 3.05) is 7.11 Å². The van der Waals surface area contributed by atoms with Crippen molar-refractivity contribution in [1.82, 2.24) is 0 Å². The Morgan fingerprint density at radius 2 is 2.12 bits per heavy atom. The van der Waals surface area contributed by atoms with Gasteiger partial charge in [-0.3, -0.25) is 0 Å². The first-order chi connectivity index (χ1) is 8.08. The third kappa shape index (κ3) is 2.19. The minimum Gasteiger partial charge on any atom is -0.496 e. The monoisotopic (exact) mass is 233 g/mol. The minimum absolute atomic E-state index is 0.213. The van der Waals surface area contributed by atoms with Crippen molar-refractivity contribution >= 4 is 0 Å². The summed E-state index contributed by atoms with van der Waals surface area (Å²) in [6.07, 6.45) is 4.80. The Balaban J connectivity index is 2.46. The lowest BCUT2D eigenvalue weighted by atomic mass is 9.70. The number of nitrogens with two attached hydrogens (primary N) is 1. The highest BCUT2D eigenvalue weighted by atomic mass is 16.5. The van der Waals surface area contributed by atoms with Gasteiger partial charge in [0.1, 0.15) is 5.75 Å². The van der Waals surface area contributed by atoms with Crippen LogP contribution in [0, 0.1) is 12.8 Å². The SMILES string of the molecule is COc1ccc(C)cc1C1(N)CCCCC1C. The van der Waals surface area contributed by atoms with Crippen molar-refractivity contribution < 1.29 is 4.74 Å². The second-order valence-corrected chi connectivity index (χ2v) is 5.39. The molecular weight excluding hydrogens is 210 g/mol. The van der Waals surface area contributed by atoms with Gasteiger partial charge in [-0.25, -0.2) is 0 Å². The van der Waals surface area contributed by atoms with E-state index in [1.165, 1.54) is 30.4 Å². The van der Waals surface area contributed by atoms with E-state index in [9.17, 15) is 0 Å². The van der Waals surface area contributed by atoms with E-state index in [4.69, 9.17) is 10.5 Å². The van der Waals surface area contributed by atoms with Gasteiger partial charge >= 0.3 is 0 Å². The molecule has 2 atom stereocenters. The number of methoxy groups -OCH3 is 1. The largest absolute Gasteiger partial charge is 0.496 e. The Kier molecular flexibility index (Phi) is 3.43. The van der Waals surface area contributed by atoms with Crippen LogP contribution in [0.5, 0.6) is 5.75 Å². The predicted molar refractivity (Wildman–Crippen MR) is 71.2 cm³/mol. The number of rotatable bonds is 2. The van der Waals surface area contributed by atoms with E-state index in [0.29, 0.717) is 5.92 Å². The smallest absolute Gasteiger partial charge is 0.123 e. The summed E-state index contributed by atoms with van der Waals surface area (Å²) in [4.78, 5) is 0. The van der Waals surface area contributed by atoms with E-state index in [0.717, 1.165) is 12.2 Å². The third-order valence-corrected chi connectivity index (χ3v) is 4.21. The Morgan fingerprint density at radius 3 is 2.76 bits per heavy atom. The molecule has 0 aliphatic heterocycles. The van der Waals surface area contributed by atoms with Gasteiger partial charge in [-0.15, -0.1) is 0 Å². The summed E-state index contributed by atoms with van der Waals surface area (Å²) in [5, 5.41) is 0.